The average Bonchev–Trinajstić information content (AvgIpc) is 2.72. The van der Waals surface area contributed by atoms with Gasteiger partial charge in [-0.3, -0.25) is 19.6 Å². The van der Waals surface area contributed by atoms with Crippen LogP contribution in [0.5, 0.6) is 0 Å². The van der Waals surface area contributed by atoms with E-state index in [1.165, 1.54) is 19.6 Å². The van der Waals surface area contributed by atoms with Gasteiger partial charge < -0.3 is 10.2 Å². The summed E-state index contributed by atoms with van der Waals surface area (Å²) in [4.78, 5) is 37.2. The van der Waals surface area contributed by atoms with Crippen LogP contribution in [0, 0.1) is 18.8 Å². The van der Waals surface area contributed by atoms with Gasteiger partial charge in [0.15, 0.2) is 6.04 Å². The molecule has 0 aromatic heterocycles. The van der Waals surface area contributed by atoms with Crippen molar-refractivity contribution < 1.29 is 19.6 Å². The quantitative estimate of drug-likeness (QED) is 0.320. The maximum atomic E-state index is 12.6. The summed E-state index contributed by atoms with van der Waals surface area (Å²) in [5.41, 5.74) is 4.44. The minimum Gasteiger partial charge on any atom is -0.357 e. The standard InChI is InChI=1S/C21H21N3O4/c1-14-4-6-15(7-5-14)8-9-16-10-12-17(13-11-16)21(27)24(3)18(19(25)22-2)20(26)23-28/h4-7,10-13,18,28H,1-3H3,(H,22,25)(H,23,26). The molecule has 7 nitrogen and oxygen atoms in total. The minimum absolute atomic E-state index is 0.281. The highest BCUT2D eigenvalue weighted by molar-refractivity contribution is 6.08. The lowest BCUT2D eigenvalue weighted by Gasteiger charge is -2.25. The molecule has 0 saturated heterocycles. The van der Waals surface area contributed by atoms with Gasteiger partial charge in [0.05, 0.1) is 0 Å². The summed E-state index contributed by atoms with van der Waals surface area (Å²) in [6.45, 7) is 2.00. The first-order valence-electron chi connectivity index (χ1n) is 8.49. The van der Waals surface area contributed by atoms with Crippen LogP contribution >= 0.6 is 0 Å². The largest absolute Gasteiger partial charge is 0.357 e. The number of benzene rings is 2. The molecule has 0 aliphatic rings. The Morgan fingerprint density at radius 1 is 0.929 bits per heavy atom. The lowest BCUT2D eigenvalue weighted by molar-refractivity contribution is -0.140. The molecule has 1 atom stereocenters. The molecule has 0 radical (unpaired) electrons. The molecule has 7 heteroatoms. The first-order valence-corrected chi connectivity index (χ1v) is 8.49. The van der Waals surface area contributed by atoms with Crippen LogP contribution in [0.4, 0.5) is 0 Å². The number of carbonyl (C=O) groups is 3. The number of rotatable bonds is 4. The van der Waals surface area contributed by atoms with Crippen LogP contribution < -0.4 is 10.8 Å². The molecule has 0 aliphatic heterocycles. The molecule has 2 aromatic rings. The molecule has 28 heavy (non-hydrogen) atoms. The summed E-state index contributed by atoms with van der Waals surface area (Å²) < 4.78 is 0. The van der Waals surface area contributed by atoms with Gasteiger partial charge in [0, 0.05) is 30.8 Å². The first-order chi connectivity index (χ1) is 13.4. The van der Waals surface area contributed by atoms with Crippen molar-refractivity contribution >= 4 is 17.7 Å². The molecule has 144 valence electrons. The normalized spacial score (nSPS) is 10.9. The van der Waals surface area contributed by atoms with E-state index in [2.05, 4.69) is 17.2 Å². The lowest BCUT2D eigenvalue weighted by atomic mass is 10.1. The summed E-state index contributed by atoms with van der Waals surface area (Å²) in [7, 11) is 2.64. The number of likely N-dealkylation sites (N-methyl/N-ethyl adjacent to an activating group) is 2. The molecular formula is C21H21N3O4. The van der Waals surface area contributed by atoms with Crippen LogP contribution in [0.25, 0.3) is 0 Å². The smallest absolute Gasteiger partial charge is 0.275 e. The van der Waals surface area contributed by atoms with Crippen molar-refractivity contribution in [2.75, 3.05) is 14.1 Å². The molecule has 1 unspecified atom stereocenters. The Hall–Kier alpha value is -3.63. The maximum absolute atomic E-state index is 12.6. The van der Waals surface area contributed by atoms with E-state index < -0.39 is 23.8 Å². The Morgan fingerprint density at radius 2 is 1.43 bits per heavy atom. The van der Waals surface area contributed by atoms with E-state index in [0.29, 0.717) is 0 Å². The monoisotopic (exact) mass is 379 g/mol. The number of hydrogen-bond acceptors (Lipinski definition) is 4. The summed E-state index contributed by atoms with van der Waals surface area (Å²) in [6.07, 6.45) is 0. The van der Waals surface area contributed by atoms with E-state index >= 15 is 0 Å². The van der Waals surface area contributed by atoms with Crippen molar-refractivity contribution in [3.63, 3.8) is 0 Å². The Kier molecular flexibility index (Phi) is 6.90. The van der Waals surface area contributed by atoms with Crippen molar-refractivity contribution in [3.05, 3.63) is 70.8 Å². The molecule has 3 amide bonds. The van der Waals surface area contributed by atoms with Crippen LogP contribution in [0.2, 0.25) is 0 Å². The van der Waals surface area contributed by atoms with Gasteiger partial charge >= 0.3 is 0 Å². The fourth-order valence-electron chi connectivity index (χ4n) is 2.47. The van der Waals surface area contributed by atoms with Crippen molar-refractivity contribution in [2.45, 2.75) is 13.0 Å². The number of nitrogens with zero attached hydrogens (tertiary/aromatic N) is 1. The highest BCUT2D eigenvalue weighted by Crippen LogP contribution is 2.10. The zero-order valence-corrected chi connectivity index (χ0v) is 15.8. The van der Waals surface area contributed by atoms with Gasteiger partial charge in [-0.05, 0) is 43.3 Å². The van der Waals surface area contributed by atoms with Crippen LogP contribution in [0.15, 0.2) is 48.5 Å². The second kappa shape index (κ2) is 9.35. The number of hydroxylamine groups is 1. The van der Waals surface area contributed by atoms with E-state index in [4.69, 9.17) is 5.21 Å². The molecule has 3 N–H and O–H groups in total. The average molecular weight is 379 g/mol. The molecule has 2 rings (SSSR count). The molecule has 2 aromatic carbocycles. The zero-order valence-electron chi connectivity index (χ0n) is 15.8. The van der Waals surface area contributed by atoms with Gasteiger partial charge in [0.1, 0.15) is 0 Å². The van der Waals surface area contributed by atoms with Gasteiger partial charge in [0.2, 0.25) is 0 Å². The van der Waals surface area contributed by atoms with Gasteiger partial charge in [0.25, 0.3) is 17.7 Å². The number of amides is 3. The third-order valence-electron chi connectivity index (χ3n) is 4.10. The summed E-state index contributed by atoms with van der Waals surface area (Å²) in [5, 5.41) is 11.1. The van der Waals surface area contributed by atoms with E-state index in [1.807, 2.05) is 31.2 Å². The zero-order chi connectivity index (χ0) is 20.7. The maximum Gasteiger partial charge on any atom is 0.275 e. The van der Waals surface area contributed by atoms with Crippen LogP contribution in [0.1, 0.15) is 27.0 Å². The SMILES string of the molecule is CNC(=O)C(C(=O)NO)N(C)C(=O)c1ccc(C#Cc2ccc(C)cc2)cc1. The highest BCUT2D eigenvalue weighted by Gasteiger charge is 2.33. The Balaban J connectivity index is 2.17. The molecule has 0 heterocycles. The van der Waals surface area contributed by atoms with Crippen LogP contribution in [-0.2, 0) is 9.59 Å². The summed E-state index contributed by atoms with van der Waals surface area (Å²) >= 11 is 0. The van der Waals surface area contributed by atoms with Gasteiger partial charge in [-0.2, -0.15) is 0 Å². The molecule has 0 aliphatic carbocycles. The lowest BCUT2D eigenvalue weighted by Crippen LogP contribution is -2.54. The predicted octanol–water partition coefficient (Wildman–Crippen LogP) is 1.09. The van der Waals surface area contributed by atoms with E-state index in [-0.39, 0.29) is 5.56 Å². The molecular weight excluding hydrogens is 358 g/mol. The molecule has 0 spiro atoms. The topological polar surface area (TPSA) is 98.7 Å². The number of hydrogen-bond donors (Lipinski definition) is 3. The molecule has 0 saturated carbocycles. The van der Waals surface area contributed by atoms with Crippen LogP contribution in [0.3, 0.4) is 0 Å². The summed E-state index contributed by atoms with van der Waals surface area (Å²) in [6, 6.07) is 12.8. The van der Waals surface area contributed by atoms with Crippen molar-refractivity contribution in [1.29, 1.82) is 0 Å². The van der Waals surface area contributed by atoms with Crippen molar-refractivity contribution in [2.24, 2.45) is 0 Å². The Labute approximate surface area is 163 Å². The molecule has 0 bridgehead atoms. The number of carbonyl (C=O) groups excluding carboxylic acids is 3. The van der Waals surface area contributed by atoms with Crippen LogP contribution in [-0.4, -0.2) is 48.0 Å². The third-order valence-corrected chi connectivity index (χ3v) is 4.10. The van der Waals surface area contributed by atoms with Crippen molar-refractivity contribution in [1.82, 2.24) is 15.7 Å². The van der Waals surface area contributed by atoms with Gasteiger partial charge in [-0.25, -0.2) is 5.48 Å². The number of aryl methyl sites for hydroxylation is 1. The second-order valence-corrected chi connectivity index (χ2v) is 6.10. The Morgan fingerprint density at radius 3 is 1.89 bits per heavy atom. The Bertz CT molecular complexity index is 909. The highest BCUT2D eigenvalue weighted by atomic mass is 16.5. The minimum atomic E-state index is -1.50. The fraction of sp³-hybridized carbons (Fsp3) is 0.190. The van der Waals surface area contributed by atoms with E-state index in [0.717, 1.165) is 21.6 Å². The fourth-order valence-corrected chi connectivity index (χ4v) is 2.47. The van der Waals surface area contributed by atoms with Gasteiger partial charge in [-0.15, -0.1) is 0 Å². The predicted molar refractivity (Wildman–Crippen MR) is 103 cm³/mol. The number of nitrogens with one attached hydrogen (secondary N) is 2. The van der Waals surface area contributed by atoms with E-state index in [9.17, 15) is 14.4 Å². The summed E-state index contributed by atoms with van der Waals surface area (Å²) in [5.74, 6) is 3.79. The van der Waals surface area contributed by atoms with E-state index in [1.54, 1.807) is 24.3 Å². The first kappa shape index (κ1) is 20.7. The molecule has 0 fully saturated rings. The second-order valence-electron chi connectivity index (χ2n) is 6.10. The van der Waals surface area contributed by atoms with Gasteiger partial charge in [-0.1, -0.05) is 29.5 Å². The van der Waals surface area contributed by atoms with Crippen molar-refractivity contribution in [3.8, 4) is 11.8 Å². The third kappa shape index (κ3) is 4.96.